The second kappa shape index (κ2) is 5.32. The number of carbonyl (C=O) groups is 1. The molecule has 2 heterocycles. The smallest absolute Gasteiger partial charge is 0.357 e. The largest absolute Gasteiger partial charge is 0.461 e. The molecule has 0 saturated carbocycles. The number of nitrogens with zero attached hydrogens (tertiary/aromatic N) is 3. The summed E-state index contributed by atoms with van der Waals surface area (Å²) in [7, 11) is 0. The molecule has 0 aliphatic carbocycles. The van der Waals surface area contributed by atoms with Gasteiger partial charge in [-0.3, -0.25) is 0 Å². The van der Waals surface area contributed by atoms with Crippen molar-refractivity contribution in [2.24, 2.45) is 0 Å². The molecule has 0 N–H and O–H groups in total. The quantitative estimate of drug-likeness (QED) is 0.688. The summed E-state index contributed by atoms with van der Waals surface area (Å²) in [5.74, 6) is 0.150. The first kappa shape index (κ1) is 13.2. The maximum absolute atomic E-state index is 11.7. The Kier molecular flexibility index (Phi) is 3.35. The van der Waals surface area contributed by atoms with Crippen LogP contribution in [0.1, 0.15) is 23.3 Å². The maximum Gasteiger partial charge on any atom is 0.357 e. The molecule has 21 heavy (non-hydrogen) atoms. The van der Waals surface area contributed by atoms with Crippen LogP contribution >= 0.6 is 0 Å². The number of rotatable bonds is 3. The summed E-state index contributed by atoms with van der Waals surface area (Å²) < 4.78 is 10.4. The number of benzene rings is 1. The van der Waals surface area contributed by atoms with Crippen molar-refractivity contribution < 1.29 is 13.9 Å². The van der Waals surface area contributed by atoms with Crippen LogP contribution < -0.4 is 0 Å². The number of aryl methyl sites for hydroxylation is 1. The fourth-order valence-electron chi connectivity index (χ4n) is 2.03. The Balaban J connectivity index is 2.01. The van der Waals surface area contributed by atoms with Crippen LogP contribution in [0.3, 0.4) is 0 Å². The Hall–Kier alpha value is -2.76. The average Bonchev–Trinajstić information content (AvgIpc) is 2.86. The normalized spacial score (nSPS) is 10.8. The second-order valence-electron chi connectivity index (χ2n) is 4.42. The van der Waals surface area contributed by atoms with Crippen LogP contribution in [0.2, 0.25) is 0 Å². The fourth-order valence-corrected chi connectivity index (χ4v) is 2.03. The van der Waals surface area contributed by atoms with Gasteiger partial charge in [0.1, 0.15) is 11.8 Å². The Morgan fingerprint density at radius 1 is 1.29 bits per heavy atom. The first-order chi connectivity index (χ1) is 10.2. The number of carbonyl (C=O) groups excluding carboxylic acids is 1. The molecule has 0 amide bonds. The highest BCUT2D eigenvalue weighted by Gasteiger charge is 2.11. The van der Waals surface area contributed by atoms with E-state index < -0.39 is 5.97 Å². The molecule has 0 atom stereocenters. The summed E-state index contributed by atoms with van der Waals surface area (Å²) in [5, 5.41) is 0. The molecule has 0 aliphatic heterocycles. The highest BCUT2D eigenvalue weighted by Crippen LogP contribution is 2.23. The maximum atomic E-state index is 11.7. The molecule has 0 bridgehead atoms. The van der Waals surface area contributed by atoms with E-state index in [1.165, 1.54) is 6.33 Å². The zero-order valence-corrected chi connectivity index (χ0v) is 11.7. The molecular formula is C15H13N3O3. The fraction of sp³-hybridized carbons (Fsp3) is 0.200. The SMILES string of the molecule is CCOC(=O)c1cc(-c2ccc3oc(C)nc3c2)ncn1. The lowest BCUT2D eigenvalue weighted by molar-refractivity contribution is 0.0519. The Labute approximate surface area is 120 Å². The Bertz CT molecular complexity index is 811. The van der Waals surface area contributed by atoms with Crippen LogP contribution in [0.5, 0.6) is 0 Å². The van der Waals surface area contributed by atoms with Gasteiger partial charge in [0.15, 0.2) is 17.2 Å². The number of oxazole rings is 1. The molecule has 106 valence electrons. The second-order valence-corrected chi connectivity index (χ2v) is 4.42. The summed E-state index contributed by atoms with van der Waals surface area (Å²) in [4.78, 5) is 24.1. The van der Waals surface area contributed by atoms with Crippen LogP contribution in [0.15, 0.2) is 35.0 Å². The van der Waals surface area contributed by atoms with Gasteiger partial charge in [0.25, 0.3) is 0 Å². The molecule has 6 nitrogen and oxygen atoms in total. The van der Waals surface area contributed by atoms with E-state index in [9.17, 15) is 4.79 Å². The molecule has 0 spiro atoms. The number of ether oxygens (including phenoxy) is 1. The van der Waals surface area contributed by atoms with Crippen LogP contribution in [-0.4, -0.2) is 27.5 Å². The van der Waals surface area contributed by atoms with E-state index >= 15 is 0 Å². The van der Waals surface area contributed by atoms with Crippen molar-refractivity contribution in [3.8, 4) is 11.3 Å². The van der Waals surface area contributed by atoms with E-state index in [2.05, 4.69) is 15.0 Å². The van der Waals surface area contributed by atoms with Crippen molar-refractivity contribution in [2.75, 3.05) is 6.61 Å². The predicted molar refractivity (Wildman–Crippen MR) is 75.7 cm³/mol. The first-order valence-corrected chi connectivity index (χ1v) is 6.54. The predicted octanol–water partition coefficient (Wildman–Crippen LogP) is 2.77. The molecule has 0 unspecified atom stereocenters. The highest BCUT2D eigenvalue weighted by atomic mass is 16.5. The van der Waals surface area contributed by atoms with Crippen LogP contribution in [0.4, 0.5) is 0 Å². The van der Waals surface area contributed by atoms with E-state index in [0.29, 0.717) is 18.2 Å². The number of hydrogen-bond acceptors (Lipinski definition) is 6. The lowest BCUT2D eigenvalue weighted by Crippen LogP contribution is -2.07. The van der Waals surface area contributed by atoms with Gasteiger partial charge >= 0.3 is 5.97 Å². The molecule has 1 aromatic carbocycles. The Morgan fingerprint density at radius 2 is 2.14 bits per heavy atom. The summed E-state index contributed by atoms with van der Waals surface area (Å²) in [6.07, 6.45) is 1.35. The van der Waals surface area contributed by atoms with Crippen LogP contribution in [-0.2, 0) is 4.74 Å². The standard InChI is InChI=1S/C15H13N3O3/c1-3-20-15(19)13-7-11(16-8-17-13)10-4-5-14-12(6-10)18-9(2)21-14/h4-8H,3H2,1-2H3. The Morgan fingerprint density at radius 3 is 2.95 bits per heavy atom. The summed E-state index contributed by atoms with van der Waals surface area (Å²) >= 11 is 0. The average molecular weight is 283 g/mol. The summed E-state index contributed by atoms with van der Waals surface area (Å²) in [6.45, 7) is 3.85. The molecule has 6 heteroatoms. The van der Waals surface area contributed by atoms with Gasteiger partial charge < -0.3 is 9.15 Å². The molecule has 3 rings (SSSR count). The van der Waals surface area contributed by atoms with Gasteiger partial charge in [-0.25, -0.2) is 19.7 Å². The molecule has 0 fully saturated rings. The van der Waals surface area contributed by atoms with Crippen molar-refractivity contribution in [3.63, 3.8) is 0 Å². The van der Waals surface area contributed by atoms with Gasteiger partial charge in [-0.05, 0) is 31.2 Å². The van der Waals surface area contributed by atoms with E-state index in [4.69, 9.17) is 9.15 Å². The van der Waals surface area contributed by atoms with E-state index in [0.717, 1.165) is 16.7 Å². The van der Waals surface area contributed by atoms with E-state index in [1.807, 2.05) is 18.2 Å². The molecule has 2 aromatic heterocycles. The topological polar surface area (TPSA) is 78.1 Å². The van der Waals surface area contributed by atoms with Gasteiger partial charge in [0, 0.05) is 12.5 Å². The lowest BCUT2D eigenvalue weighted by atomic mass is 10.1. The monoisotopic (exact) mass is 283 g/mol. The molecule has 0 radical (unpaired) electrons. The van der Waals surface area contributed by atoms with Gasteiger partial charge in [-0.2, -0.15) is 0 Å². The third kappa shape index (κ3) is 2.60. The highest BCUT2D eigenvalue weighted by molar-refractivity contribution is 5.89. The van der Waals surface area contributed by atoms with Crippen molar-refractivity contribution in [2.45, 2.75) is 13.8 Å². The number of fused-ring (bicyclic) bond motifs is 1. The minimum Gasteiger partial charge on any atom is -0.461 e. The third-order valence-corrected chi connectivity index (χ3v) is 2.94. The zero-order chi connectivity index (χ0) is 14.8. The molecule has 0 saturated heterocycles. The molecule has 0 aliphatic rings. The van der Waals surface area contributed by atoms with Gasteiger partial charge in [-0.15, -0.1) is 0 Å². The van der Waals surface area contributed by atoms with Crippen molar-refractivity contribution in [1.82, 2.24) is 15.0 Å². The van der Waals surface area contributed by atoms with Crippen LogP contribution in [0.25, 0.3) is 22.4 Å². The molecular weight excluding hydrogens is 270 g/mol. The number of aromatic nitrogens is 3. The first-order valence-electron chi connectivity index (χ1n) is 6.54. The minimum absolute atomic E-state index is 0.235. The number of esters is 1. The van der Waals surface area contributed by atoms with Crippen molar-refractivity contribution in [1.29, 1.82) is 0 Å². The van der Waals surface area contributed by atoms with Gasteiger partial charge in [0.2, 0.25) is 0 Å². The lowest BCUT2D eigenvalue weighted by Gasteiger charge is -2.03. The van der Waals surface area contributed by atoms with Gasteiger partial charge in [0.05, 0.1) is 12.3 Å². The zero-order valence-electron chi connectivity index (χ0n) is 11.7. The molecule has 3 aromatic rings. The van der Waals surface area contributed by atoms with E-state index in [1.54, 1.807) is 19.9 Å². The van der Waals surface area contributed by atoms with Crippen LogP contribution in [0, 0.1) is 6.92 Å². The summed E-state index contributed by atoms with van der Waals surface area (Å²) in [6, 6.07) is 7.16. The minimum atomic E-state index is -0.459. The summed E-state index contributed by atoms with van der Waals surface area (Å²) in [5.41, 5.74) is 3.18. The van der Waals surface area contributed by atoms with Gasteiger partial charge in [-0.1, -0.05) is 0 Å². The van der Waals surface area contributed by atoms with Crippen molar-refractivity contribution in [3.05, 3.63) is 42.2 Å². The number of hydrogen-bond donors (Lipinski definition) is 0. The van der Waals surface area contributed by atoms with Crippen molar-refractivity contribution >= 4 is 17.1 Å². The van der Waals surface area contributed by atoms with E-state index in [-0.39, 0.29) is 5.69 Å². The third-order valence-electron chi connectivity index (χ3n) is 2.94.